The topological polar surface area (TPSA) is 44.4 Å². The van der Waals surface area contributed by atoms with E-state index >= 15 is 0 Å². The molecular weight excluding hydrogens is 226 g/mol. The fourth-order valence-electron chi connectivity index (χ4n) is 3.03. The minimum atomic E-state index is 0.225. The van der Waals surface area contributed by atoms with Crippen molar-refractivity contribution >= 4 is 5.91 Å². The first-order valence-electron chi connectivity index (χ1n) is 7.49. The fraction of sp³-hybridized carbons (Fsp3) is 0.929. The summed E-state index contributed by atoms with van der Waals surface area (Å²) in [6.45, 7) is 7.39. The van der Waals surface area contributed by atoms with Gasteiger partial charge in [0.15, 0.2) is 0 Å². The summed E-state index contributed by atoms with van der Waals surface area (Å²) in [5, 5.41) is 6.50. The Kier molecular flexibility index (Phi) is 5.45. The molecular formula is C14H27N3O. The van der Waals surface area contributed by atoms with Crippen molar-refractivity contribution in [1.29, 1.82) is 0 Å². The lowest BCUT2D eigenvalue weighted by Gasteiger charge is -2.28. The fourth-order valence-corrected chi connectivity index (χ4v) is 3.03. The second-order valence-corrected chi connectivity index (χ2v) is 5.77. The highest BCUT2D eigenvalue weighted by molar-refractivity contribution is 5.78. The molecule has 2 aliphatic heterocycles. The monoisotopic (exact) mass is 253 g/mol. The van der Waals surface area contributed by atoms with Gasteiger partial charge in [-0.15, -0.1) is 0 Å². The first-order valence-corrected chi connectivity index (χ1v) is 7.49. The zero-order valence-electron chi connectivity index (χ0n) is 11.6. The Morgan fingerprint density at radius 2 is 2.11 bits per heavy atom. The van der Waals surface area contributed by atoms with Crippen LogP contribution < -0.4 is 10.6 Å². The van der Waals surface area contributed by atoms with E-state index in [1.807, 2.05) is 0 Å². The molecule has 0 saturated carbocycles. The molecule has 0 bridgehead atoms. The number of hydrogen-bond acceptors (Lipinski definition) is 3. The number of carbonyl (C=O) groups is 1. The molecule has 104 valence electrons. The number of likely N-dealkylation sites (tertiary alicyclic amines) is 1. The van der Waals surface area contributed by atoms with E-state index in [-0.39, 0.29) is 11.8 Å². The molecule has 2 rings (SSSR count). The van der Waals surface area contributed by atoms with Crippen molar-refractivity contribution in [3.63, 3.8) is 0 Å². The first kappa shape index (κ1) is 13.8. The molecule has 4 nitrogen and oxygen atoms in total. The molecule has 0 aromatic rings. The smallest absolute Gasteiger partial charge is 0.223 e. The number of nitrogens with zero attached hydrogens (tertiary/aromatic N) is 1. The minimum Gasteiger partial charge on any atom is -0.355 e. The van der Waals surface area contributed by atoms with E-state index in [2.05, 4.69) is 22.5 Å². The van der Waals surface area contributed by atoms with Crippen LogP contribution in [0, 0.1) is 5.92 Å². The average Bonchev–Trinajstić information content (AvgIpc) is 2.40. The van der Waals surface area contributed by atoms with Crippen LogP contribution in [-0.4, -0.2) is 49.6 Å². The summed E-state index contributed by atoms with van der Waals surface area (Å²) in [6, 6.07) is 0.483. The van der Waals surface area contributed by atoms with Crippen LogP contribution in [0.2, 0.25) is 0 Å². The molecule has 0 spiro atoms. The first-order chi connectivity index (χ1) is 8.75. The maximum atomic E-state index is 12.0. The van der Waals surface area contributed by atoms with Crippen LogP contribution in [0.5, 0.6) is 0 Å². The normalized spacial score (nSPS) is 30.1. The van der Waals surface area contributed by atoms with Crippen LogP contribution in [-0.2, 0) is 4.79 Å². The van der Waals surface area contributed by atoms with Gasteiger partial charge in [0.05, 0.1) is 0 Å². The van der Waals surface area contributed by atoms with E-state index < -0.39 is 0 Å². The Labute approximate surface area is 110 Å². The van der Waals surface area contributed by atoms with Gasteiger partial charge >= 0.3 is 0 Å². The predicted molar refractivity (Wildman–Crippen MR) is 73.5 cm³/mol. The predicted octanol–water partition coefficient (Wildman–Crippen LogP) is 0.977. The van der Waals surface area contributed by atoms with Crippen molar-refractivity contribution in [3.05, 3.63) is 0 Å². The van der Waals surface area contributed by atoms with Crippen molar-refractivity contribution in [2.45, 2.75) is 45.1 Å². The van der Waals surface area contributed by atoms with Crippen molar-refractivity contribution in [1.82, 2.24) is 15.5 Å². The zero-order chi connectivity index (χ0) is 12.8. The summed E-state index contributed by atoms with van der Waals surface area (Å²) in [7, 11) is 0. The number of carbonyl (C=O) groups excluding carboxylic acids is 1. The Morgan fingerprint density at radius 3 is 2.83 bits per heavy atom. The van der Waals surface area contributed by atoms with Gasteiger partial charge in [0, 0.05) is 25.0 Å². The minimum absolute atomic E-state index is 0.225. The molecule has 2 fully saturated rings. The Balaban J connectivity index is 1.61. The second kappa shape index (κ2) is 7.10. The van der Waals surface area contributed by atoms with Crippen molar-refractivity contribution < 1.29 is 4.79 Å². The van der Waals surface area contributed by atoms with Gasteiger partial charge in [-0.1, -0.05) is 6.42 Å². The highest BCUT2D eigenvalue weighted by atomic mass is 16.1. The third-order valence-corrected chi connectivity index (χ3v) is 4.17. The van der Waals surface area contributed by atoms with Crippen molar-refractivity contribution in [3.8, 4) is 0 Å². The molecule has 2 aliphatic rings. The molecule has 2 heterocycles. The molecule has 2 saturated heterocycles. The summed E-state index contributed by atoms with van der Waals surface area (Å²) in [5.41, 5.74) is 0. The van der Waals surface area contributed by atoms with Crippen molar-refractivity contribution in [2.75, 3.05) is 32.7 Å². The molecule has 0 unspecified atom stereocenters. The number of nitrogens with one attached hydrogen (secondary N) is 2. The summed E-state index contributed by atoms with van der Waals surface area (Å²) in [4.78, 5) is 14.5. The largest absolute Gasteiger partial charge is 0.355 e. The lowest BCUT2D eigenvalue weighted by Crippen LogP contribution is -2.44. The van der Waals surface area contributed by atoms with Crippen LogP contribution in [0.25, 0.3) is 0 Å². The number of amides is 1. The number of piperidine rings is 2. The van der Waals surface area contributed by atoms with Gasteiger partial charge in [-0.05, 0) is 52.2 Å². The third kappa shape index (κ3) is 4.25. The molecule has 18 heavy (non-hydrogen) atoms. The zero-order valence-corrected chi connectivity index (χ0v) is 11.6. The van der Waals surface area contributed by atoms with Crippen LogP contribution >= 0.6 is 0 Å². The van der Waals surface area contributed by atoms with Crippen LogP contribution in [0.1, 0.15) is 39.0 Å². The number of hydrogen-bond donors (Lipinski definition) is 2. The van der Waals surface area contributed by atoms with Gasteiger partial charge in [0.1, 0.15) is 0 Å². The van der Waals surface area contributed by atoms with Gasteiger partial charge in [-0.25, -0.2) is 0 Å². The summed E-state index contributed by atoms with van der Waals surface area (Å²) >= 11 is 0. The van der Waals surface area contributed by atoms with E-state index in [1.54, 1.807) is 0 Å². The summed E-state index contributed by atoms with van der Waals surface area (Å²) in [6.07, 6.45) is 5.98. The van der Waals surface area contributed by atoms with Crippen LogP contribution in [0.4, 0.5) is 0 Å². The third-order valence-electron chi connectivity index (χ3n) is 4.17. The molecule has 0 aliphatic carbocycles. The van der Waals surface area contributed by atoms with E-state index in [0.717, 1.165) is 32.5 Å². The summed E-state index contributed by atoms with van der Waals surface area (Å²) in [5.74, 6) is 0.489. The van der Waals surface area contributed by atoms with E-state index in [9.17, 15) is 4.79 Å². The second-order valence-electron chi connectivity index (χ2n) is 5.77. The van der Waals surface area contributed by atoms with Gasteiger partial charge in [-0.3, -0.25) is 4.79 Å². The van der Waals surface area contributed by atoms with Gasteiger partial charge in [0.2, 0.25) is 5.91 Å². The molecule has 2 N–H and O–H groups in total. The number of rotatable bonds is 4. The van der Waals surface area contributed by atoms with Crippen molar-refractivity contribution in [2.24, 2.45) is 5.92 Å². The Bertz CT molecular complexity index is 264. The van der Waals surface area contributed by atoms with E-state index in [1.165, 1.54) is 32.4 Å². The highest BCUT2D eigenvalue weighted by Crippen LogP contribution is 2.15. The van der Waals surface area contributed by atoms with Crippen LogP contribution in [0.15, 0.2) is 0 Å². The maximum Gasteiger partial charge on any atom is 0.223 e. The molecule has 2 atom stereocenters. The Hall–Kier alpha value is -0.610. The molecule has 1 amide bonds. The molecule has 0 aromatic heterocycles. The highest BCUT2D eigenvalue weighted by Gasteiger charge is 2.24. The molecule has 4 heteroatoms. The van der Waals surface area contributed by atoms with E-state index in [0.29, 0.717) is 6.04 Å². The van der Waals surface area contributed by atoms with Crippen LogP contribution in [0.3, 0.4) is 0 Å². The quantitative estimate of drug-likeness (QED) is 0.785. The SMILES string of the molecule is C[C@H]1C[C@@H](C(=O)NCCN2CCCCC2)CCN1. The molecule has 0 radical (unpaired) electrons. The molecule has 0 aromatic carbocycles. The lowest BCUT2D eigenvalue weighted by molar-refractivity contribution is -0.126. The van der Waals surface area contributed by atoms with E-state index in [4.69, 9.17) is 0 Å². The van der Waals surface area contributed by atoms with Gasteiger partial charge in [-0.2, -0.15) is 0 Å². The Morgan fingerprint density at radius 1 is 1.33 bits per heavy atom. The maximum absolute atomic E-state index is 12.0. The standard InChI is InChI=1S/C14H27N3O/c1-12-11-13(5-6-15-12)14(18)16-7-10-17-8-3-2-4-9-17/h12-13,15H,2-11H2,1H3,(H,16,18)/t12-,13-/m0/s1. The average molecular weight is 253 g/mol. The van der Waals surface area contributed by atoms with Gasteiger partial charge < -0.3 is 15.5 Å². The summed E-state index contributed by atoms with van der Waals surface area (Å²) < 4.78 is 0. The lowest BCUT2D eigenvalue weighted by atomic mass is 9.92. The van der Waals surface area contributed by atoms with Gasteiger partial charge in [0.25, 0.3) is 0 Å².